The van der Waals surface area contributed by atoms with E-state index in [9.17, 15) is 14.4 Å². The summed E-state index contributed by atoms with van der Waals surface area (Å²) in [7, 11) is 0. The van der Waals surface area contributed by atoms with Crippen LogP contribution >= 0.6 is 0 Å². The lowest BCUT2D eigenvalue weighted by Gasteiger charge is -2.32. The van der Waals surface area contributed by atoms with Crippen molar-refractivity contribution in [2.45, 2.75) is 50.6 Å². The van der Waals surface area contributed by atoms with Crippen LogP contribution in [0, 0.1) is 0 Å². The Labute approximate surface area is 330 Å². The highest BCUT2D eigenvalue weighted by Crippen LogP contribution is 2.35. The van der Waals surface area contributed by atoms with E-state index in [1.54, 1.807) is 12.1 Å². The van der Waals surface area contributed by atoms with Crippen molar-refractivity contribution in [2.24, 2.45) is 0 Å². The number of imide groups is 1. The predicted octanol–water partition coefficient (Wildman–Crippen LogP) is 5.56. The highest BCUT2D eigenvalue weighted by molar-refractivity contribution is 6.23. The first kappa shape index (κ1) is 37.9. The van der Waals surface area contributed by atoms with Gasteiger partial charge in [-0.05, 0) is 93.1 Å². The molecule has 0 aliphatic carbocycles. The number of anilines is 1. The molecule has 3 aromatic carbocycles. The number of nitrogen functional groups attached to an aromatic ring is 1. The number of hydrogen-bond acceptors (Lipinski definition) is 11. The number of nitrogens with zero attached hydrogens (tertiary/aromatic N) is 6. The Balaban J connectivity index is 0.789. The normalized spacial score (nSPS) is 18.6. The minimum absolute atomic E-state index is 0.114. The molecule has 2 saturated heterocycles. The largest absolute Gasteiger partial charge is 0.457 e. The van der Waals surface area contributed by atoms with Gasteiger partial charge in [-0.1, -0.05) is 36.9 Å². The number of rotatable bonds is 15. The molecule has 3 aliphatic heterocycles. The van der Waals surface area contributed by atoms with Crippen molar-refractivity contribution < 1.29 is 28.6 Å². The Hall–Kier alpha value is -5.96. The van der Waals surface area contributed by atoms with E-state index in [0.29, 0.717) is 74.8 Å². The Kier molecular flexibility index (Phi) is 11.3. The van der Waals surface area contributed by atoms with E-state index in [-0.39, 0.29) is 11.9 Å². The summed E-state index contributed by atoms with van der Waals surface area (Å²) in [5, 5.41) is 8.50. The Bertz CT molecular complexity index is 2280. The van der Waals surface area contributed by atoms with Gasteiger partial charge in [-0.25, -0.2) is 14.6 Å². The molecule has 57 heavy (non-hydrogen) atoms. The fourth-order valence-corrected chi connectivity index (χ4v) is 7.94. The molecule has 5 aromatic rings. The van der Waals surface area contributed by atoms with E-state index in [1.165, 1.54) is 6.33 Å². The molecule has 3 amide bonds. The molecule has 14 heteroatoms. The quantitative estimate of drug-likeness (QED) is 0.101. The van der Waals surface area contributed by atoms with Crippen molar-refractivity contribution >= 4 is 34.6 Å². The molecule has 3 aliphatic rings. The van der Waals surface area contributed by atoms with E-state index < -0.39 is 17.9 Å². The number of allylic oxidation sites excluding steroid dienone is 1. The summed E-state index contributed by atoms with van der Waals surface area (Å²) in [5.74, 6) is 0.694. The van der Waals surface area contributed by atoms with Gasteiger partial charge in [0.25, 0.3) is 11.8 Å². The monoisotopic (exact) mass is 770 g/mol. The number of aromatic nitrogens is 4. The molecule has 3 N–H and O–H groups in total. The molecule has 2 fully saturated rings. The zero-order valence-electron chi connectivity index (χ0n) is 31.8. The predicted molar refractivity (Wildman–Crippen MR) is 214 cm³/mol. The molecule has 0 radical (unpaired) electrons. The van der Waals surface area contributed by atoms with Crippen LogP contribution in [0.15, 0.2) is 91.4 Å². The van der Waals surface area contributed by atoms with Gasteiger partial charge in [-0.3, -0.25) is 24.2 Å². The molecule has 0 bridgehead atoms. The van der Waals surface area contributed by atoms with Gasteiger partial charge in [0.1, 0.15) is 35.4 Å². The highest BCUT2D eigenvalue weighted by atomic mass is 16.5. The van der Waals surface area contributed by atoms with Gasteiger partial charge in [0.15, 0.2) is 5.65 Å². The molecular weight excluding hydrogens is 725 g/mol. The molecular formula is C43H46N8O6. The standard InChI is InChI=1S/C43H46N8O6/c1-28-14-19-35(41(52)47-28)50-42(53)34-13-5-8-29(36(34)43(50)54)9-7-22-55-24-25-56-23-21-49-20-6-10-31(26-49)51-40-37(39(44)45-27-46-40)38(48-51)30-15-17-33(18-16-30)57-32-11-3-2-4-12-32/h2-5,8,11-13,15-18,27,31,35H,1,6-7,9-10,14,19-26H2,(H,47,52)(H2,44,45,46). The number of ether oxygens (including phenoxy) is 3. The van der Waals surface area contributed by atoms with Crippen molar-refractivity contribution in [3.05, 3.63) is 108 Å². The van der Waals surface area contributed by atoms with Crippen LogP contribution < -0.4 is 15.8 Å². The van der Waals surface area contributed by atoms with Crippen LogP contribution in [-0.4, -0.2) is 99.4 Å². The number of piperidine rings is 2. The summed E-state index contributed by atoms with van der Waals surface area (Å²) in [5.41, 5.74) is 10.9. The first-order chi connectivity index (χ1) is 27.9. The fraction of sp³-hybridized carbons (Fsp3) is 0.349. The van der Waals surface area contributed by atoms with Crippen LogP contribution in [0.1, 0.15) is 64.4 Å². The highest BCUT2D eigenvalue weighted by Gasteiger charge is 2.44. The van der Waals surface area contributed by atoms with Crippen molar-refractivity contribution in [1.29, 1.82) is 0 Å². The summed E-state index contributed by atoms with van der Waals surface area (Å²) < 4.78 is 19.8. The summed E-state index contributed by atoms with van der Waals surface area (Å²) in [6.45, 7) is 8.33. The first-order valence-corrected chi connectivity index (χ1v) is 19.5. The number of likely N-dealkylation sites (tertiary alicyclic amines) is 1. The van der Waals surface area contributed by atoms with E-state index >= 15 is 0 Å². The average Bonchev–Trinajstić information content (AvgIpc) is 3.74. The molecule has 8 rings (SSSR count). The van der Waals surface area contributed by atoms with Gasteiger partial charge >= 0.3 is 0 Å². The molecule has 2 atom stereocenters. The zero-order chi connectivity index (χ0) is 39.3. The van der Waals surface area contributed by atoms with Crippen molar-refractivity contribution in [1.82, 2.24) is 34.9 Å². The Morgan fingerprint density at radius 1 is 0.860 bits per heavy atom. The SMILES string of the molecule is C=C1CCC(N2C(=O)c3cccc(CCCOCCOCCN4CCCC(n5nc(-c6ccc(Oc7ccccc7)cc6)c6c(N)ncnc65)C4)c3C2=O)C(=O)N1. The number of hydrogen-bond donors (Lipinski definition) is 2. The van der Waals surface area contributed by atoms with Crippen molar-refractivity contribution in [3.8, 4) is 22.8 Å². The molecule has 2 aromatic heterocycles. The zero-order valence-corrected chi connectivity index (χ0v) is 31.8. The van der Waals surface area contributed by atoms with Crippen molar-refractivity contribution in [2.75, 3.05) is 51.8 Å². The summed E-state index contributed by atoms with van der Waals surface area (Å²) in [6.07, 6.45) is 5.63. The second-order valence-electron chi connectivity index (χ2n) is 14.6. The van der Waals surface area contributed by atoms with Gasteiger partial charge in [0.2, 0.25) is 5.91 Å². The van der Waals surface area contributed by atoms with Crippen LogP contribution in [0.25, 0.3) is 22.3 Å². The summed E-state index contributed by atoms with van der Waals surface area (Å²) in [4.78, 5) is 51.6. The van der Waals surface area contributed by atoms with E-state index in [4.69, 9.17) is 25.0 Å². The number of benzene rings is 3. The van der Waals surface area contributed by atoms with Gasteiger partial charge in [0, 0.05) is 31.0 Å². The van der Waals surface area contributed by atoms with Gasteiger partial charge < -0.3 is 25.3 Å². The van der Waals surface area contributed by atoms with Crippen LogP contribution in [0.2, 0.25) is 0 Å². The maximum absolute atomic E-state index is 13.4. The maximum atomic E-state index is 13.4. The minimum Gasteiger partial charge on any atom is -0.457 e. The molecule has 2 unspecified atom stereocenters. The Morgan fingerprint density at radius 3 is 2.46 bits per heavy atom. The lowest BCUT2D eigenvalue weighted by atomic mass is 9.99. The van der Waals surface area contributed by atoms with Crippen LogP contribution in [0.3, 0.4) is 0 Å². The topological polar surface area (TPSA) is 167 Å². The van der Waals surface area contributed by atoms with Crippen LogP contribution in [-0.2, 0) is 20.7 Å². The number of para-hydroxylation sites is 1. The average molecular weight is 771 g/mol. The second kappa shape index (κ2) is 17.0. The molecule has 5 heterocycles. The summed E-state index contributed by atoms with van der Waals surface area (Å²) in [6, 6.07) is 22.1. The smallest absolute Gasteiger partial charge is 0.262 e. The second-order valence-corrected chi connectivity index (χ2v) is 14.6. The summed E-state index contributed by atoms with van der Waals surface area (Å²) >= 11 is 0. The van der Waals surface area contributed by atoms with Crippen LogP contribution in [0.5, 0.6) is 11.5 Å². The molecule has 0 spiro atoms. The minimum atomic E-state index is -0.827. The maximum Gasteiger partial charge on any atom is 0.262 e. The van der Waals surface area contributed by atoms with Gasteiger partial charge in [-0.15, -0.1) is 0 Å². The molecule has 0 saturated carbocycles. The number of amides is 3. The lowest BCUT2D eigenvalue weighted by Crippen LogP contribution is -2.51. The third-order valence-electron chi connectivity index (χ3n) is 10.8. The number of nitrogens with one attached hydrogen (secondary N) is 1. The van der Waals surface area contributed by atoms with Crippen LogP contribution in [0.4, 0.5) is 5.82 Å². The van der Waals surface area contributed by atoms with Crippen molar-refractivity contribution in [3.63, 3.8) is 0 Å². The Morgan fingerprint density at radius 2 is 1.65 bits per heavy atom. The fourth-order valence-electron chi connectivity index (χ4n) is 7.94. The molecule has 294 valence electrons. The number of nitrogens with two attached hydrogens (primary N) is 1. The third-order valence-corrected chi connectivity index (χ3v) is 10.8. The number of carbonyl (C=O) groups is 3. The van der Waals surface area contributed by atoms with Gasteiger partial charge in [-0.2, -0.15) is 5.10 Å². The first-order valence-electron chi connectivity index (χ1n) is 19.5. The third kappa shape index (κ3) is 8.15. The number of aryl methyl sites for hydroxylation is 1. The molecule has 14 nitrogen and oxygen atoms in total. The lowest BCUT2D eigenvalue weighted by molar-refractivity contribution is -0.125. The number of fused-ring (bicyclic) bond motifs is 2. The van der Waals surface area contributed by atoms with E-state index in [1.807, 2.05) is 65.3 Å². The van der Waals surface area contributed by atoms with Gasteiger partial charge in [0.05, 0.1) is 42.4 Å². The number of carbonyl (C=O) groups excluding carboxylic acids is 3. The van der Waals surface area contributed by atoms with E-state index in [0.717, 1.165) is 76.7 Å². The van der Waals surface area contributed by atoms with E-state index in [2.05, 4.69) is 26.8 Å².